The van der Waals surface area contributed by atoms with E-state index in [0.717, 1.165) is 37.8 Å². The fourth-order valence-corrected chi connectivity index (χ4v) is 5.38. The van der Waals surface area contributed by atoms with E-state index in [1.165, 1.54) is 11.1 Å². The number of Topliss-reactive ketones (excluding diaryl/α,β-unsaturated/α-hetero) is 1. The zero-order valence-corrected chi connectivity index (χ0v) is 17.6. The Labute approximate surface area is 163 Å². The molecular weight excluding hydrogens is 338 g/mol. The molecule has 1 aromatic rings. The van der Waals surface area contributed by atoms with Crippen molar-refractivity contribution in [1.29, 1.82) is 0 Å². The summed E-state index contributed by atoms with van der Waals surface area (Å²) in [6.45, 7) is 11.8. The summed E-state index contributed by atoms with van der Waals surface area (Å²) in [7, 11) is 0. The predicted octanol–water partition coefficient (Wildman–Crippen LogP) is 5.63. The number of anilines is 1. The molecule has 0 saturated heterocycles. The fraction of sp³-hybridized carbons (Fsp3) is 0.652. The smallest absolute Gasteiger partial charge is 0.412 e. The van der Waals surface area contributed by atoms with Crippen molar-refractivity contribution in [1.82, 2.24) is 0 Å². The van der Waals surface area contributed by atoms with Crippen molar-refractivity contribution in [3.05, 3.63) is 29.3 Å². The predicted molar refractivity (Wildman–Crippen MR) is 108 cm³/mol. The molecule has 3 atom stereocenters. The van der Waals surface area contributed by atoms with Crippen LogP contribution in [0.3, 0.4) is 0 Å². The van der Waals surface area contributed by atoms with Gasteiger partial charge in [-0.05, 0) is 88.0 Å². The SMILES string of the molecule is CC(=O)[C@@]1(C)CCC[C@]2(C)c3cc(NC(=O)OC(C)(C)C)ccc3CCC12. The van der Waals surface area contributed by atoms with Gasteiger partial charge in [-0.2, -0.15) is 0 Å². The van der Waals surface area contributed by atoms with E-state index < -0.39 is 11.7 Å². The second-order valence-corrected chi connectivity index (χ2v) is 9.83. The summed E-state index contributed by atoms with van der Waals surface area (Å²) in [5.74, 6) is 0.658. The van der Waals surface area contributed by atoms with Crippen LogP contribution >= 0.6 is 0 Å². The lowest BCUT2D eigenvalue weighted by Gasteiger charge is -2.54. The molecule has 27 heavy (non-hydrogen) atoms. The lowest BCUT2D eigenvalue weighted by Crippen LogP contribution is -2.51. The van der Waals surface area contributed by atoms with E-state index in [1.54, 1.807) is 6.92 Å². The van der Waals surface area contributed by atoms with Gasteiger partial charge in [-0.1, -0.05) is 26.3 Å². The Morgan fingerprint density at radius 1 is 1.19 bits per heavy atom. The van der Waals surface area contributed by atoms with Crippen LogP contribution in [0.1, 0.15) is 78.4 Å². The highest BCUT2D eigenvalue weighted by Crippen LogP contribution is 2.57. The van der Waals surface area contributed by atoms with Gasteiger partial charge in [-0.3, -0.25) is 10.1 Å². The van der Waals surface area contributed by atoms with E-state index in [-0.39, 0.29) is 10.8 Å². The summed E-state index contributed by atoms with van der Waals surface area (Å²) in [5.41, 5.74) is 2.59. The van der Waals surface area contributed by atoms with Crippen LogP contribution in [-0.2, 0) is 21.4 Å². The van der Waals surface area contributed by atoms with Gasteiger partial charge in [-0.25, -0.2) is 4.79 Å². The number of ether oxygens (including phenoxy) is 1. The Kier molecular flexibility index (Phi) is 4.90. The molecule has 1 N–H and O–H groups in total. The molecule has 2 aliphatic carbocycles. The van der Waals surface area contributed by atoms with Crippen LogP contribution in [-0.4, -0.2) is 17.5 Å². The van der Waals surface area contributed by atoms with E-state index in [1.807, 2.05) is 26.8 Å². The van der Waals surface area contributed by atoms with Crippen molar-refractivity contribution in [2.24, 2.45) is 11.3 Å². The van der Waals surface area contributed by atoms with Crippen LogP contribution in [0.25, 0.3) is 0 Å². The van der Waals surface area contributed by atoms with E-state index in [0.29, 0.717) is 11.7 Å². The van der Waals surface area contributed by atoms with Gasteiger partial charge >= 0.3 is 6.09 Å². The molecule has 4 heteroatoms. The third kappa shape index (κ3) is 3.63. The second kappa shape index (κ2) is 6.65. The lowest BCUT2D eigenvalue weighted by molar-refractivity contribution is -0.134. The summed E-state index contributed by atoms with van der Waals surface area (Å²) in [5, 5.41) is 2.88. The first-order chi connectivity index (χ1) is 12.5. The number of hydrogen-bond acceptors (Lipinski definition) is 3. The first-order valence-electron chi connectivity index (χ1n) is 10.1. The van der Waals surface area contributed by atoms with Crippen LogP contribution in [0.15, 0.2) is 18.2 Å². The number of ketones is 1. The molecule has 3 rings (SSSR count). The topological polar surface area (TPSA) is 55.4 Å². The highest BCUT2D eigenvalue weighted by molar-refractivity contribution is 5.85. The summed E-state index contributed by atoms with van der Waals surface area (Å²) in [6, 6.07) is 6.19. The van der Waals surface area contributed by atoms with Crippen molar-refractivity contribution in [2.45, 2.75) is 84.7 Å². The Bertz CT molecular complexity index is 763. The van der Waals surface area contributed by atoms with E-state index >= 15 is 0 Å². The molecule has 2 aliphatic rings. The Hall–Kier alpha value is -1.84. The maximum atomic E-state index is 12.5. The van der Waals surface area contributed by atoms with Crippen LogP contribution in [0.2, 0.25) is 0 Å². The summed E-state index contributed by atoms with van der Waals surface area (Å²) >= 11 is 0. The van der Waals surface area contributed by atoms with E-state index in [9.17, 15) is 9.59 Å². The molecule has 148 valence electrons. The van der Waals surface area contributed by atoms with Crippen LogP contribution in [0.4, 0.5) is 10.5 Å². The molecule has 0 radical (unpaired) electrons. The molecule has 1 unspecified atom stereocenters. The third-order valence-corrected chi connectivity index (χ3v) is 6.81. The maximum Gasteiger partial charge on any atom is 0.412 e. The minimum atomic E-state index is -0.526. The van der Waals surface area contributed by atoms with Crippen molar-refractivity contribution in [3.8, 4) is 0 Å². The molecule has 4 nitrogen and oxygen atoms in total. The van der Waals surface area contributed by atoms with Gasteiger partial charge in [0.05, 0.1) is 0 Å². The normalized spacial score (nSPS) is 30.1. The first kappa shape index (κ1) is 19.9. The number of amides is 1. The van der Waals surface area contributed by atoms with Crippen molar-refractivity contribution in [2.75, 3.05) is 5.32 Å². The molecular formula is C23H33NO3. The van der Waals surface area contributed by atoms with Gasteiger partial charge in [0.25, 0.3) is 0 Å². The van der Waals surface area contributed by atoms with Crippen molar-refractivity contribution < 1.29 is 14.3 Å². The number of fused-ring (bicyclic) bond motifs is 3. The first-order valence-corrected chi connectivity index (χ1v) is 10.1. The second-order valence-electron chi connectivity index (χ2n) is 9.83. The highest BCUT2D eigenvalue weighted by Gasteiger charge is 2.53. The molecule has 1 saturated carbocycles. The molecule has 0 aliphatic heterocycles. The van der Waals surface area contributed by atoms with Crippen LogP contribution in [0.5, 0.6) is 0 Å². The molecule has 0 spiro atoms. The summed E-state index contributed by atoms with van der Waals surface area (Å²) in [4.78, 5) is 24.7. The monoisotopic (exact) mass is 371 g/mol. The molecule has 0 aromatic heterocycles. The average Bonchev–Trinajstić information content (AvgIpc) is 2.53. The number of aryl methyl sites for hydroxylation is 1. The van der Waals surface area contributed by atoms with Crippen molar-refractivity contribution in [3.63, 3.8) is 0 Å². The van der Waals surface area contributed by atoms with Gasteiger partial charge in [0.2, 0.25) is 0 Å². The van der Waals surface area contributed by atoms with Crippen LogP contribution < -0.4 is 5.32 Å². The highest BCUT2D eigenvalue weighted by atomic mass is 16.6. The van der Waals surface area contributed by atoms with Gasteiger partial charge in [0.15, 0.2) is 0 Å². The Balaban J connectivity index is 1.93. The Morgan fingerprint density at radius 2 is 1.89 bits per heavy atom. The number of carbonyl (C=O) groups excluding carboxylic acids is 2. The molecule has 0 heterocycles. The largest absolute Gasteiger partial charge is 0.444 e. The number of hydrogen-bond donors (Lipinski definition) is 1. The summed E-state index contributed by atoms with van der Waals surface area (Å²) in [6.07, 6.45) is 4.74. The van der Waals surface area contributed by atoms with Gasteiger partial charge in [0, 0.05) is 11.1 Å². The molecule has 1 fully saturated rings. The van der Waals surface area contributed by atoms with Crippen molar-refractivity contribution >= 4 is 17.6 Å². The third-order valence-electron chi connectivity index (χ3n) is 6.81. The van der Waals surface area contributed by atoms with Gasteiger partial charge < -0.3 is 4.74 Å². The number of rotatable bonds is 2. The zero-order valence-electron chi connectivity index (χ0n) is 17.6. The minimum Gasteiger partial charge on any atom is -0.444 e. The fourth-order valence-electron chi connectivity index (χ4n) is 5.38. The average molecular weight is 372 g/mol. The van der Waals surface area contributed by atoms with Gasteiger partial charge in [-0.15, -0.1) is 0 Å². The number of carbonyl (C=O) groups is 2. The van der Waals surface area contributed by atoms with E-state index in [4.69, 9.17) is 4.74 Å². The number of nitrogens with one attached hydrogen (secondary N) is 1. The van der Waals surface area contributed by atoms with E-state index in [2.05, 4.69) is 31.3 Å². The standard InChI is InChI=1S/C23H33NO3/c1-15(25)22(5)12-7-13-23(6)18-14-17(24-20(26)27-21(2,3)4)10-8-16(18)9-11-19(22)23/h8,10,14,19H,7,9,11-13H2,1-6H3,(H,24,26)/t19?,22-,23-/m1/s1. The lowest BCUT2D eigenvalue weighted by atomic mass is 9.49. The van der Waals surface area contributed by atoms with Crippen LogP contribution in [0, 0.1) is 11.3 Å². The van der Waals surface area contributed by atoms with Gasteiger partial charge in [0.1, 0.15) is 11.4 Å². The Morgan fingerprint density at radius 3 is 2.52 bits per heavy atom. The minimum absolute atomic E-state index is 0.0299. The zero-order chi connectivity index (χ0) is 20.0. The summed E-state index contributed by atoms with van der Waals surface area (Å²) < 4.78 is 5.39. The quantitative estimate of drug-likeness (QED) is 0.732. The molecule has 0 bridgehead atoms. The number of benzene rings is 1. The maximum absolute atomic E-state index is 12.5. The molecule has 1 aromatic carbocycles. The molecule has 1 amide bonds.